The number of carbonyl (C=O) groups excluding carboxylic acids is 1. The summed E-state index contributed by atoms with van der Waals surface area (Å²) in [5.41, 5.74) is 2.67. The average Bonchev–Trinajstić information content (AvgIpc) is 2.97. The summed E-state index contributed by atoms with van der Waals surface area (Å²) in [5, 5.41) is 16.9. The summed E-state index contributed by atoms with van der Waals surface area (Å²) in [5.74, 6) is -0.436. The molecule has 2 aromatic heterocycles. The van der Waals surface area contributed by atoms with Crippen LogP contribution in [0.25, 0.3) is 5.69 Å². The number of hydrogen-bond donors (Lipinski definition) is 2. The van der Waals surface area contributed by atoms with Crippen LogP contribution < -0.4 is 5.32 Å². The zero-order chi connectivity index (χ0) is 16.2. The fraction of sp³-hybridized carbons (Fsp3) is 0.118. The van der Waals surface area contributed by atoms with Gasteiger partial charge in [-0.2, -0.15) is 5.10 Å². The van der Waals surface area contributed by atoms with Gasteiger partial charge in [-0.1, -0.05) is 24.3 Å². The molecule has 0 aliphatic rings. The first-order chi connectivity index (χ1) is 11.1. The van der Waals surface area contributed by atoms with Gasteiger partial charge >= 0.3 is 0 Å². The third kappa shape index (κ3) is 3.37. The number of nitrogens with one attached hydrogen (secondary N) is 1. The molecule has 0 spiro atoms. The predicted molar refractivity (Wildman–Crippen MR) is 85.4 cm³/mol. The standard InChI is InChI=1S/C17H16N4O2/c1-12-7-8-13(10-18-12)11-19-17(23)15-9-16(22)21(20-15)14-5-3-2-4-6-14/h2-10,22H,11H2,1H3,(H,19,23). The molecule has 0 radical (unpaired) electrons. The molecule has 0 unspecified atom stereocenters. The first kappa shape index (κ1) is 14.8. The number of para-hydroxylation sites is 1. The molecular weight excluding hydrogens is 292 g/mol. The molecule has 6 nitrogen and oxygen atoms in total. The number of aromatic nitrogens is 3. The van der Waals surface area contributed by atoms with Crippen LogP contribution in [0.2, 0.25) is 0 Å². The van der Waals surface area contributed by atoms with Crippen LogP contribution in [-0.4, -0.2) is 25.8 Å². The van der Waals surface area contributed by atoms with Crippen LogP contribution in [0.1, 0.15) is 21.7 Å². The van der Waals surface area contributed by atoms with Crippen LogP contribution in [0.15, 0.2) is 54.7 Å². The maximum Gasteiger partial charge on any atom is 0.272 e. The quantitative estimate of drug-likeness (QED) is 0.774. The van der Waals surface area contributed by atoms with Crippen molar-refractivity contribution < 1.29 is 9.90 Å². The van der Waals surface area contributed by atoms with E-state index >= 15 is 0 Å². The van der Waals surface area contributed by atoms with Gasteiger partial charge in [-0.25, -0.2) is 4.68 Å². The van der Waals surface area contributed by atoms with Crippen LogP contribution in [0.3, 0.4) is 0 Å². The molecule has 6 heteroatoms. The predicted octanol–water partition coefficient (Wildman–Crippen LogP) is 2.21. The molecule has 2 heterocycles. The van der Waals surface area contributed by atoms with E-state index in [1.807, 2.05) is 37.3 Å². The highest BCUT2D eigenvalue weighted by Crippen LogP contribution is 2.17. The van der Waals surface area contributed by atoms with E-state index in [-0.39, 0.29) is 17.5 Å². The van der Waals surface area contributed by atoms with Crippen LogP contribution in [-0.2, 0) is 6.54 Å². The van der Waals surface area contributed by atoms with Gasteiger partial charge in [0.25, 0.3) is 5.91 Å². The minimum Gasteiger partial charge on any atom is -0.493 e. The molecule has 116 valence electrons. The van der Waals surface area contributed by atoms with Gasteiger partial charge < -0.3 is 10.4 Å². The van der Waals surface area contributed by atoms with Gasteiger partial charge in [-0.3, -0.25) is 9.78 Å². The van der Waals surface area contributed by atoms with E-state index in [4.69, 9.17) is 0 Å². The van der Waals surface area contributed by atoms with E-state index < -0.39 is 0 Å². The minimum absolute atomic E-state index is 0.0849. The Balaban J connectivity index is 1.72. The van der Waals surface area contributed by atoms with E-state index in [1.165, 1.54) is 10.7 Å². The number of rotatable bonds is 4. The molecule has 0 bridgehead atoms. The largest absolute Gasteiger partial charge is 0.493 e. The Morgan fingerprint density at radius 2 is 2.00 bits per heavy atom. The second-order valence-electron chi connectivity index (χ2n) is 5.13. The number of pyridine rings is 1. The van der Waals surface area contributed by atoms with E-state index in [2.05, 4.69) is 15.4 Å². The second-order valence-corrected chi connectivity index (χ2v) is 5.13. The highest BCUT2D eigenvalue weighted by Gasteiger charge is 2.14. The molecule has 3 rings (SSSR count). The van der Waals surface area contributed by atoms with Crippen LogP contribution in [0.4, 0.5) is 0 Å². The molecule has 0 atom stereocenters. The van der Waals surface area contributed by atoms with Crippen LogP contribution in [0.5, 0.6) is 5.88 Å². The molecule has 0 fully saturated rings. The zero-order valence-corrected chi connectivity index (χ0v) is 12.6. The number of benzene rings is 1. The lowest BCUT2D eigenvalue weighted by Gasteiger charge is -2.04. The number of nitrogens with zero attached hydrogens (tertiary/aromatic N) is 3. The molecule has 1 amide bonds. The van der Waals surface area contributed by atoms with Crippen molar-refractivity contribution in [1.29, 1.82) is 0 Å². The molecule has 0 aliphatic heterocycles. The Morgan fingerprint density at radius 3 is 2.70 bits per heavy atom. The van der Waals surface area contributed by atoms with Gasteiger partial charge in [-0.05, 0) is 30.7 Å². The summed E-state index contributed by atoms with van der Waals surface area (Å²) < 4.78 is 1.32. The molecule has 23 heavy (non-hydrogen) atoms. The number of hydrogen-bond acceptors (Lipinski definition) is 4. The third-order valence-electron chi connectivity index (χ3n) is 3.35. The Bertz CT molecular complexity index is 810. The van der Waals surface area contributed by atoms with Gasteiger partial charge in [0.15, 0.2) is 5.69 Å². The van der Waals surface area contributed by atoms with Crippen molar-refractivity contribution in [3.63, 3.8) is 0 Å². The fourth-order valence-electron chi connectivity index (χ4n) is 2.12. The lowest BCUT2D eigenvalue weighted by molar-refractivity contribution is 0.0945. The molecule has 0 saturated heterocycles. The highest BCUT2D eigenvalue weighted by atomic mass is 16.3. The second kappa shape index (κ2) is 6.31. The van der Waals surface area contributed by atoms with E-state index in [9.17, 15) is 9.90 Å². The van der Waals surface area contributed by atoms with Crippen molar-refractivity contribution in [1.82, 2.24) is 20.1 Å². The van der Waals surface area contributed by atoms with Gasteiger partial charge in [0.05, 0.1) is 5.69 Å². The Kier molecular flexibility index (Phi) is 4.05. The molecule has 0 saturated carbocycles. The Morgan fingerprint density at radius 1 is 1.22 bits per heavy atom. The molecule has 0 aliphatic carbocycles. The van der Waals surface area contributed by atoms with Gasteiger partial charge in [0.2, 0.25) is 5.88 Å². The van der Waals surface area contributed by atoms with E-state index in [0.29, 0.717) is 12.2 Å². The molecule has 3 aromatic rings. The number of carbonyl (C=O) groups is 1. The van der Waals surface area contributed by atoms with Gasteiger partial charge in [0, 0.05) is 24.5 Å². The number of amides is 1. The van der Waals surface area contributed by atoms with Crippen molar-refractivity contribution in [3.05, 3.63) is 71.7 Å². The summed E-state index contributed by atoms with van der Waals surface area (Å²) >= 11 is 0. The lowest BCUT2D eigenvalue weighted by Crippen LogP contribution is -2.23. The topological polar surface area (TPSA) is 80.0 Å². The highest BCUT2D eigenvalue weighted by molar-refractivity contribution is 5.92. The first-order valence-corrected chi connectivity index (χ1v) is 7.17. The van der Waals surface area contributed by atoms with Crippen molar-refractivity contribution >= 4 is 5.91 Å². The monoisotopic (exact) mass is 308 g/mol. The SMILES string of the molecule is Cc1ccc(CNC(=O)c2cc(O)n(-c3ccccc3)n2)cn1. The summed E-state index contributed by atoms with van der Waals surface area (Å²) in [4.78, 5) is 16.3. The van der Waals surface area contributed by atoms with Crippen molar-refractivity contribution in [2.24, 2.45) is 0 Å². The summed E-state index contributed by atoms with van der Waals surface area (Å²) in [6.07, 6.45) is 1.72. The smallest absolute Gasteiger partial charge is 0.272 e. The fourth-order valence-corrected chi connectivity index (χ4v) is 2.12. The van der Waals surface area contributed by atoms with Gasteiger partial charge in [0.1, 0.15) is 0 Å². The summed E-state index contributed by atoms with van der Waals surface area (Å²) in [6, 6.07) is 14.3. The Labute approximate surface area is 133 Å². The average molecular weight is 308 g/mol. The first-order valence-electron chi connectivity index (χ1n) is 7.17. The minimum atomic E-state index is -0.351. The van der Waals surface area contributed by atoms with Crippen molar-refractivity contribution in [2.45, 2.75) is 13.5 Å². The molecule has 1 aromatic carbocycles. The summed E-state index contributed by atoms with van der Waals surface area (Å²) in [6.45, 7) is 2.26. The molecule has 2 N–H and O–H groups in total. The summed E-state index contributed by atoms with van der Waals surface area (Å²) in [7, 11) is 0. The normalized spacial score (nSPS) is 10.5. The maximum absolute atomic E-state index is 12.2. The zero-order valence-electron chi connectivity index (χ0n) is 12.6. The maximum atomic E-state index is 12.2. The van der Waals surface area contributed by atoms with Crippen molar-refractivity contribution in [2.75, 3.05) is 0 Å². The van der Waals surface area contributed by atoms with Crippen LogP contribution in [0, 0.1) is 6.92 Å². The molecular formula is C17H16N4O2. The Hall–Kier alpha value is -3.15. The number of aryl methyl sites for hydroxylation is 1. The van der Waals surface area contributed by atoms with Gasteiger partial charge in [-0.15, -0.1) is 0 Å². The van der Waals surface area contributed by atoms with E-state index in [1.54, 1.807) is 18.3 Å². The third-order valence-corrected chi connectivity index (χ3v) is 3.35. The lowest BCUT2D eigenvalue weighted by atomic mass is 10.2. The van der Waals surface area contributed by atoms with Crippen LogP contribution >= 0.6 is 0 Å². The number of aromatic hydroxyl groups is 1. The van der Waals surface area contributed by atoms with E-state index in [0.717, 1.165) is 11.3 Å². The van der Waals surface area contributed by atoms with Crippen molar-refractivity contribution in [3.8, 4) is 11.6 Å².